The number of halogens is 1. The summed E-state index contributed by atoms with van der Waals surface area (Å²) in [5, 5.41) is 0.605. The van der Waals surface area contributed by atoms with Crippen LogP contribution in [0.5, 0.6) is 0 Å². The van der Waals surface area contributed by atoms with Crippen LogP contribution in [0.25, 0.3) is 22.2 Å². The molecule has 0 saturated carbocycles. The van der Waals surface area contributed by atoms with E-state index >= 15 is 0 Å². The van der Waals surface area contributed by atoms with Crippen LogP contribution < -0.4 is 5.73 Å². The van der Waals surface area contributed by atoms with Crippen LogP contribution in [0.15, 0.2) is 36.7 Å². The number of nitrogens with two attached hydrogens (primary N) is 1. The third kappa shape index (κ3) is 3.20. The standard InChI is InChI=1S/C20H20FN4O/c21-15-6-9-25(10-7-15)12-13-1-3-14(4-2-13)17-11-24-20-16(5-8-23-20)18(17)19(22)26/h1-4,8,11,15H,6-7,9-10,12H2,(H2,22,26)(H,23,24). The van der Waals surface area contributed by atoms with E-state index in [-0.39, 0.29) is 0 Å². The first-order chi connectivity index (χ1) is 12.6. The Balaban J connectivity index is 1.60. The molecule has 4 rings (SSSR count). The number of nitrogens with one attached hydrogen (secondary N) is 1. The van der Waals surface area contributed by atoms with Crippen LogP contribution in [-0.4, -0.2) is 40.0 Å². The topological polar surface area (TPSA) is 75.0 Å². The molecule has 0 atom stereocenters. The monoisotopic (exact) mass is 351 g/mol. The van der Waals surface area contributed by atoms with Crippen LogP contribution in [0, 0.1) is 6.07 Å². The summed E-state index contributed by atoms with van der Waals surface area (Å²) in [6.45, 7) is 2.38. The summed E-state index contributed by atoms with van der Waals surface area (Å²) in [6, 6.07) is 11.0. The first-order valence-electron chi connectivity index (χ1n) is 8.75. The van der Waals surface area contributed by atoms with E-state index in [4.69, 9.17) is 5.73 Å². The van der Waals surface area contributed by atoms with Crippen LogP contribution >= 0.6 is 0 Å². The Hall–Kier alpha value is -2.73. The lowest BCUT2D eigenvalue weighted by Crippen LogP contribution is -2.33. The molecule has 133 valence electrons. The summed E-state index contributed by atoms with van der Waals surface area (Å²) in [7, 11) is 0. The summed E-state index contributed by atoms with van der Waals surface area (Å²) in [4.78, 5) is 21.5. The first-order valence-corrected chi connectivity index (χ1v) is 8.75. The Bertz CT molecular complexity index is 927. The molecule has 0 unspecified atom stereocenters. The summed E-state index contributed by atoms with van der Waals surface area (Å²) >= 11 is 0. The van der Waals surface area contributed by atoms with Gasteiger partial charge in [-0.3, -0.25) is 9.69 Å². The molecule has 5 nitrogen and oxygen atoms in total. The van der Waals surface area contributed by atoms with E-state index in [9.17, 15) is 9.18 Å². The zero-order valence-electron chi connectivity index (χ0n) is 14.3. The third-order valence-electron chi connectivity index (χ3n) is 4.94. The smallest absolute Gasteiger partial charge is 0.250 e. The number of pyridine rings is 1. The minimum absolute atomic E-state index is 0.425. The van der Waals surface area contributed by atoms with Crippen molar-refractivity contribution in [2.75, 3.05) is 13.1 Å². The van der Waals surface area contributed by atoms with Gasteiger partial charge < -0.3 is 10.7 Å². The molecule has 3 aromatic rings. The zero-order chi connectivity index (χ0) is 18.1. The van der Waals surface area contributed by atoms with Gasteiger partial charge in [0.25, 0.3) is 0 Å². The SMILES string of the molecule is NC(=O)c1c(-c2ccc(CN3CCC(F)CC3)cc2)cnc2[nH]c[c]c12. The van der Waals surface area contributed by atoms with Gasteiger partial charge in [0.15, 0.2) is 0 Å². The van der Waals surface area contributed by atoms with Crippen molar-refractivity contribution in [2.24, 2.45) is 5.73 Å². The number of carbonyl (C=O) groups excluding carboxylic acids is 1. The number of H-pyrrole nitrogens is 1. The van der Waals surface area contributed by atoms with Gasteiger partial charge in [0.1, 0.15) is 11.8 Å². The molecule has 1 aliphatic heterocycles. The van der Waals surface area contributed by atoms with Crippen LogP contribution in [0.2, 0.25) is 0 Å². The molecule has 26 heavy (non-hydrogen) atoms. The van der Waals surface area contributed by atoms with Crippen molar-refractivity contribution >= 4 is 16.9 Å². The van der Waals surface area contributed by atoms with Crippen molar-refractivity contribution in [1.29, 1.82) is 0 Å². The van der Waals surface area contributed by atoms with E-state index in [1.54, 1.807) is 12.4 Å². The second kappa shape index (κ2) is 6.88. The van der Waals surface area contributed by atoms with Gasteiger partial charge in [0.05, 0.1) is 5.56 Å². The fourth-order valence-electron chi connectivity index (χ4n) is 3.52. The summed E-state index contributed by atoms with van der Waals surface area (Å²) in [6.07, 6.45) is 3.84. The molecule has 1 aliphatic rings. The molecule has 6 heteroatoms. The quantitative estimate of drug-likeness (QED) is 0.758. The molecule has 1 fully saturated rings. The van der Waals surface area contributed by atoms with Crippen LogP contribution in [-0.2, 0) is 6.54 Å². The highest BCUT2D eigenvalue weighted by molar-refractivity contribution is 6.10. The lowest BCUT2D eigenvalue weighted by molar-refractivity contribution is 0.100. The molecular formula is C20H20FN4O. The number of hydrogen-bond donors (Lipinski definition) is 2. The Morgan fingerprint density at radius 2 is 2.04 bits per heavy atom. The number of aromatic amines is 1. The van der Waals surface area contributed by atoms with Gasteiger partial charge >= 0.3 is 0 Å². The van der Waals surface area contributed by atoms with E-state index in [1.165, 1.54) is 0 Å². The number of likely N-dealkylation sites (tertiary alicyclic amines) is 1. The van der Waals surface area contributed by atoms with E-state index in [1.807, 2.05) is 24.3 Å². The number of alkyl halides is 1. The number of benzene rings is 1. The molecule has 1 radical (unpaired) electrons. The normalized spacial score (nSPS) is 16.2. The Labute approximate surface area is 151 Å². The molecule has 1 aromatic carbocycles. The van der Waals surface area contributed by atoms with Gasteiger partial charge in [-0.25, -0.2) is 9.37 Å². The number of amides is 1. The Morgan fingerprint density at radius 3 is 2.73 bits per heavy atom. The van der Waals surface area contributed by atoms with Crippen LogP contribution in [0.1, 0.15) is 28.8 Å². The molecule has 0 spiro atoms. The Morgan fingerprint density at radius 1 is 1.31 bits per heavy atom. The maximum atomic E-state index is 13.3. The largest absolute Gasteiger partial charge is 0.366 e. The maximum absolute atomic E-state index is 13.3. The number of fused-ring (bicyclic) bond motifs is 1. The minimum atomic E-state index is -0.659. The average Bonchev–Trinajstić information content (AvgIpc) is 3.12. The number of hydrogen-bond acceptors (Lipinski definition) is 3. The van der Waals surface area contributed by atoms with Gasteiger partial charge in [-0.2, -0.15) is 0 Å². The molecule has 3 heterocycles. The number of piperidine rings is 1. The minimum Gasteiger partial charge on any atom is -0.366 e. The highest BCUT2D eigenvalue weighted by atomic mass is 19.1. The van der Waals surface area contributed by atoms with E-state index < -0.39 is 12.1 Å². The summed E-state index contributed by atoms with van der Waals surface area (Å²) in [5.41, 5.74) is 9.37. The van der Waals surface area contributed by atoms with Crippen LogP contribution in [0.4, 0.5) is 4.39 Å². The summed E-state index contributed by atoms with van der Waals surface area (Å²) in [5.74, 6) is -0.499. The van der Waals surface area contributed by atoms with Crippen molar-refractivity contribution in [3.8, 4) is 11.1 Å². The molecular weight excluding hydrogens is 331 g/mol. The highest BCUT2D eigenvalue weighted by Gasteiger charge is 2.19. The van der Waals surface area contributed by atoms with Gasteiger partial charge in [-0.05, 0) is 24.0 Å². The van der Waals surface area contributed by atoms with Crippen molar-refractivity contribution in [2.45, 2.75) is 25.6 Å². The fraction of sp³-hybridized carbons (Fsp3) is 0.300. The zero-order valence-corrected chi connectivity index (χ0v) is 14.3. The van der Waals surface area contributed by atoms with Gasteiger partial charge in [-0.1, -0.05) is 24.3 Å². The fourth-order valence-corrected chi connectivity index (χ4v) is 3.52. The second-order valence-electron chi connectivity index (χ2n) is 6.72. The first kappa shape index (κ1) is 16.7. The number of primary amides is 1. The van der Waals surface area contributed by atoms with Crippen molar-refractivity contribution < 1.29 is 9.18 Å². The third-order valence-corrected chi connectivity index (χ3v) is 4.94. The predicted molar refractivity (Wildman–Crippen MR) is 98.3 cm³/mol. The van der Waals surface area contributed by atoms with Gasteiger partial charge in [0.2, 0.25) is 5.91 Å². The number of carbonyl (C=O) groups is 1. The predicted octanol–water partition coefficient (Wildman–Crippen LogP) is 3.06. The number of rotatable bonds is 4. The van der Waals surface area contributed by atoms with Crippen LogP contribution in [0.3, 0.4) is 0 Å². The lowest BCUT2D eigenvalue weighted by atomic mass is 9.98. The maximum Gasteiger partial charge on any atom is 0.250 e. The highest BCUT2D eigenvalue weighted by Crippen LogP contribution is 2.28. The summed E-state index contributed by atoms with van der Waals surface area (Å²) < 4.78 is 13.3. The van der Waals surface area contributed by atoms with Crippen molar-refractivity contribution in [3.63, 3.8) is 0 Å². The average molecular weight is 351 g/mol. The van der Waals surface area contributed by atoms with E-state index in [0.717, 1.165) is 30.8 Å². The second-order valence-corrected chi connectivity index (χ2v) is 6.72. The van der Waals surface area contributed by atoms with E-state index in [0.29, 0.717) is 35.0 Å². The molecule has 3 N–H and O–H groups in total. The van der Waals surface area contributed by atoms with Crippen molar-refractivity contribution in [3.05, 3.63) is 53.9 Å². The van der Waals surface area contributed by atoms with E-state index in [2.05, 4.69) is 20.9 Å². The molecule has 0 bridgehead atoms. The van der Waals surface area contributed by atoms with Gasteiger partial charge in [0, 0.05) is 49.0 Å². The number of aromatic nitrogens is 2. The Kier molecular flexibility index (Phi) is 4.42. The molecule has 2 aromatic heterocycles. The number of nitrogens with zero attached hydrogens (tertiary/aromatic N) is 2. The molecule has 0 aliphatic carbocycles. The van der Waals surface area contributed by atoms with Crippen molar-refractivity contribution in [1.82, 2.24) is 14.9 Å². The van der Waals surface area contributed by atoms with Gasteiger partial charge in [-0.15, -0.1) is 0 Å². The molecule has 1 saturated heterocycles. The lowest BCUT2D eigenvalue weighted by Gasteiger charge is -2.28. The molecule has 1 amide bonds.